The van der Waals surface area contributed by atoms with Crippen molar-refractivity contribution in [3.05, 3.63) is 33.3 Å². The summed E-state index contributed by atoms with van der Waals surface area (Å²) >= 11 is 10.8. The van der Waals surface area contributed by atoms with Crippen LogP contribution in [0.5, 0.6) is 0 Å². The van der Waals surface area contributed by atoms with Gasteiger partial charge in [-0.2, -0.15) is 0 Å². The molecular formula is C7H6Cl2N2O4S. The van der Waals surface area contributed by atoms with Crippen LogP contribution in [0.25, 0.3) is 0 Å². The van der Waals surface area contributed by atoms with Gasteiger partial charge in [0, 0.05) is 12.1 Å². The van der Waals surface area contributed by atoms with E-state index in [0.717, 1.165) is 12.1 Å². The van der Waals surface area contributed by atoms with E-state index >= 15 is 0 Å². The molecule has 1 aromatic carbocycles. The number of hydrogen-bond acceptors (Lipinski definition) is 4. The highest BCUT2D eigenvalue weighted by molar-refractivity contribution is 7.93. The minimum Gasteiger partial charge on any atom is -0.281 e. The fourth-order valence-electron chi connectivity index (χ4n) is 0.895. The summed E-state index contributed by atoms with van der Waals surface area (Å²) in [6.07, 6.45) is 0. The topological polar surface area (TPSA) is 89.3 Å². The third-order valence-electron chi connectivity index (χ3n) is 1.57. The Labute approximate surface area is 101 Å². The zero-order chi connectivity index (χ0) is 12.3. The van der Waals surface area contributed by atoms with Crippen molar-refractivity contribution in [1.29, 1.82) is 0 Å². The number of halogens is 2. The monoisotopic (exact) mass is 284 g/mol. The van der Waals surface area contributed by atoms with Crippen LogP contribution in [0.4, 0.5) is 11.4 Å². The molecule has 1 rings (SSSR count). The molecule has 16 heavy (non-hydrogen) atoms. The van der Waals surface area contributed by atoms with Crippen molar-refractivity contribution < 1.29 is 13.3 Å². The second-order valence-corrected chi connectivity index (χ2v) is 5.46. The van der Waals surface area contributed by atoms with Crippen LogP contribution in [-0.4, -0.2) is 18.6 Å². The normalized spacial score (nSPS) is 11.1. The molecule has 1 aromatic rings. The lowest BCUT2D eigenvalue weighted by Crippen LogP contribution is -2.13. The number of nitrogens with one attached hydrogen (secondary N) is 1. The number of benzene rings is 1. The molecule has 0 atom stereocenters. The average Bonchev–Trinajstić information content (AvgIpc) is 2.20. The van der Waals surface area contributed by atoms with Gasteiger partial charge in [0.05, 0.1) is 15.6 Å². The average molecular weight is 285 g/mol. The van der Waals surface area contributed by atoms with E-state index in [1.54, 1.807) is 0 Å². The number of nitro benzene ring substituents is 1. The highest BCUT2D eigenvalue weighted by atomic mass is 35.5. The molecule has 0 bridgehead atoms. The molecule has 0 saturated heterocycles. The summed E-state index contributed by atoms with van der Waals surface area (Å²) in [5.41, 5.74) is -0.174. The van der Waals surface area contributed by atoms with Gasteiger partial charge in [-0.3, -0.25) is 14.8 Å². The number of sulfonamides is 1. The molecule has 0 saturated carbocycles. The first-order valence-corrected chi connectivity index (χ1v) is 6.42. The van der Waals surface area contributed by atoms with Crippen molar-refractivity contribution in [2.45, 2.75) is 0 Å². The first-order chi connectivity index (χ1) is 7.35. The largest absolute Gasteiger partial charge is 0.281 e. The van der Waals surface area contributed by atoms with Gasteiger partial charge in [-0.15, -0.1) is 11.6 Å². The van der Waals surface area contributed by atoms with E-state index in [1.165, 1.54) is 6.07 Å². The van der Waals surface area contributed by atoms with Gasteiger partial charge in [0.25, 0.3) is 5.69 Å². The Balaban J connectivity index is 3.05. The van der Waals surface area contributed by atoms with E-state index in [-0.39, 0.29) is 16.4 Å². The molecule has 0 aliphatic carbocycles. The quantitative estimate of drug-likeness (QED) is 0.521. The second kappa shape index (κ2) is 4.86. The lowest BCUT2D eigenvalue weighted by atomic mass is 10.3. The van der Waals surface area contributed by atoms with Gasteiger partial charge in [-0.1, -0.05) is 11.6 Å². The summed E-state index contributed by atoms with van der Waals surface area (Å²) in [7, 11) is -3.67. The maximum atomic E-state index is 11.1. The van der Waals surface area contributed by atoms with E-state index in [4.69, 9.17) is 23.2 Å². The fourth-order valence-corrected chi connectivity index (χ4v) is 1.90. The SMILES string of the molecule is O=[N+]([O-])c1ccc(NS(=O)(=O)CCl)c(Cl)c1. The standard InChI is InChI=1S/C7H6Cl2N2O4S/c8-4-16(14,15)10-7-2-1-5(11(12)13)3-6(7)9/h1-3,10H,4H2. The third-order valence-corrected chi connectivity index (χ3v) is 3.57. The van der Waals surface area contributed by atoms with E-state index in [2.05, 4.69) is 4.72 Å². The molecule has 0 spiro atoms. The smallest absolute Gasteiger partial charge is 0.271 e. The van der Waals surface area contributed by atoms with Gasteiger partial charge >= 0.3 is 0 Å². The van der Waals surface area contributed by atoms with Crippen molar-refractivity contribution in [3.63, 3.8) is 0 Å². The lowest BCUT2D eigenvalue weighted by Gasteiger charge is -2.06. The summed E-state index contributed by atoms with van der Waals surface area (Å²) in [4.78, 5) is 9.76. The number of rotatable bonds is 4. The van der Waals surface area contributed by atoms with Gasteiger partial charge in [0.15, 0.2) is 0 Å². The fraction of sp³-hybridized carbons (Fsp3) is 0.143. The summed E-state index contributed by atoms with van der Waals surface area (Å²) < 4.78 is 24.3. The van der Waals surface area contributed by atoms with Crippen LogP contribution in [-0.2, 0) is 10.0 Å². The lowest BCUT2D eigenvalue weighted by molar-refractivity contribution is -0.384. The van der Waals surface area contributed by atoms with Crippen molar-refractivity contribution >= 4 is 44.6 Å². The van der Waals surface area contributed by atoms with Crippen LogP contribution in [0.3, 0.4) is 0 Å². The van der Waals surface area contributed by atoms with Crippen LogP contribution >= 0.6 is 23.2 Å². The van der Waals surface area contributed by atoms with Crippen LogP contribution in [0, 0.1) is 10.1 Å². The molecule has 9 heteroatoms. The Morgan fingerprint density at radius 2 is 2.06 bits per heavy atom. The number of alkyl halides is 1. The number of hydrogen-bond donors (Lipinski definition) is 1. The molecule has 0 heterocycles. The first-order valence-electron chi connectivity index (χ1n) is 3.86. The highest BCUT2D eigenvalue weighted by Gasteiger charge is 2.13. The van der Waals surface area contributed by atoms with Gasteiger partial charge in [0.1, 0.15) is 5.21 Å². The van der Waals surface area contributed by atoms with Crippen molar-refractivity contribution in [2.75, 3.05) is 9.93 Å². The molecule has 1 N–H and O–H groups in total. The van der Waals surface area contributed by atoms with Gasteiger partial charge in [0.2, 0.25) is 10.0 Å². The Morgan fingerprint density at radius 3 is 2.50 bits per heavy atom. The summed E-state index contributed by atoms with van der Waals surface area (Å²) in [5.74, 6) is 0. The molecule has 6 nitrogen and oxygen atoms in total. The first kappa shape index (κ1) is 13.0. The van der Waals surface area contributed by atoms with E-state index in [0.29, 0.717) is 0 Å². The molecule has 0 fully saturated rings. The van der Waals surface area contributed by atoms with Gasteiger partial charge in [-0.05, 0) is 6.07 Å². The van der Waals surface area contributed by atoms with E-state index in [9.17, 15) is 18.5 Å². The number of anilines is 1. The molecule has 0 aliphatic heterocycles. The van der Waals surface area contributed by atoms with E-state index in [1.807, 2.05) is 0 Å². The number of nitrogens with zero attached hydrogens (tertiary/aromatic N) is 1. The van der Waals surface area contributed by atoms with Crippen molar-refractivity contribution in [3.8, 4) is 0 Å². The maximum absolute atomic E-state index is 11.1. The minimum atomic E-state index is -3.67. The number of nitro groups is 1. The Morgan fingerprint density at radius 1 is 1.44 bits per heavy atom. The van der Waals surface area contributed by atoms with Crippen LogP contribution in [0.2, 0.25) is 5.02 Å². The Kier molecular flexibility index (Phi) is 3.95. The zero-order valence-electron chi connectivity index (χ0n) is 7.68. The number of non-ortho nitro benzene ring substituents is 1. The van der Waals surface area contributed by atoms with E-state index < -0.39 is 20.2 Å². The predicted molar refractivity (Wildman–Crippen MR) is 61.4 cm³/mol. The highest BCUT2D eigenvalue weighted by Crippen LogP contribution is 2.27. The van der Waals surface area contributed by atoms with Crippen molar-refractivity contribution in [1.82, 2.24) is 0 Å². The third kappa shape index (κ3) is 3.22. The van der Waals surface area contributed by atoms with Crippen LogP contribution in [0.1, 0.15) is 0 Å². The summed E-state index contributed by atoms with van der Waals surface area (Å²) in [6, 6.07) is 3.39. The van der Waals surface area contributed by atoms with Crippen LogP contribution < -0.4 is 4.72 Å². The van der Waals surface area contributed by atoms with Gasteiger partial charge < -0.3 is 0 Å². The Bertz CT molecular complexity index is 517. The van der Waals surface area contributed by atoms with Gasteiger partial charge in [-0.25, -0.2) is 8.42 Å². The maximum Gasteiger partial charge on any atom is 0.271 e. The van der Waals surface area contributed by atoms with Crippen molar-refractivity contribution in [2.24, 2.45) is 0 Å². The molecule has 88 valence electrons. The molecule has 0 aromatic heterocycles. The second-order valence-electron chi connectivity index (χ2n) is 2.75. The molecule has 0 amide bonds. The molecule has 0 aliphatic rings. The summed E-state index contributed by atoms with van der Waals surface area (Å²) in [5, 5.41) is 9.70. The molecular weight excluding hydrogens is 279 g/mol. The molecule has 0 unspecified atom stereocenters. The Hall–Kier alpha value is -1.05. The summed E-state index contributed by atoms with van der Waals surface area (Å²) in [6.45, 7) is 0. The zero-order valence-corrected chi connectivity index (χ0v) is 10.0. The molecule has 0 radical (unpaired) electrons. The predicted octanol–water partition coefficient (Wildman–Crippen LogP) is 2.19. The van der Waals surface area contributed by atoms with Crippen LogP contribution in [0.15, 0.2) is 18.2 Å². The minimum absolute atomic E-state index is 0.0490.